The number of benzene rings is 3. The van der Waals surface area contributed by atoms with Gasteiger partial charge < -0.3 is 15.0 Å². The summed E-state index contributed by atoms with van der Waals surface area (Å²) in [5.74, 6) is 0.137. The van der Waals surface area contributed by atoms with E-state index in [9.17, 15) is 9.59 Å². The number of ether oxygens (including phenoxy) is 1. The van der Waals surface area contributed by atoms with E-state index in [2.05, 4.69) is 12.2 Å². The predicted octanol–water partition coefficient (Wildman–Crippen LogP) is 5.84. The molecule has 0 radical (unpaired) electrons. The molecule has 1 N–H and O–H groups in total. The van der Waals surface area contributed by atoms with Gasteiger partial charge in [-0.2, -0.15) is 0 Å². The molecule has 0 aromatic heterocycles. The summed E-state index contributed by atoms with van der Waals surface area (Å²) in [5.41, 5.74) is 2.93. The van der Waals surface area contributed by atoms with E-state index in [0.717, 1.165) is 24.0 Å². The highest BCUT2D eigenvalue weighted by Gasteiger charge is 2.31. The minimum atomic E-state index is -0.726. The number of rotatable bonds is 12. The predicted molar refractivity (Wildman–Crippen MR) is 145 cm³/mol. The van der Waals surface area contributed by atoms with Crippen molar-refractivity contribution in [3.63, 3.8) is 0 Å². The molecule has 0 aliphatic rings. The molecule has 0 aliphatic heterocycles. The number of nitrogens with one attached hydrogen (secondary N) is 1. The number of carbonyl (C=O) groups is 2. The zero-order valence-corrected chi connectivity index (χ0v) is 22.0. The first kappa shape index (κ1) is 27.3. The smallest absolute Gasteiger partial charge is 0.261 e. The fraction of sp³-hybridized carbons (Fsp3) is 0.333. The third-order valence-corrected chi connectivity index (χ3v) is 6.63. The van der Waals surface area contributed by atoms with Crippen LogP contribution in [0.15, 0.2) is 78.9 Å². The molecule has 3 rings (SSSR count). The lowest BCUT2D eigenvalue weighted by Crippen LogP contribution is -2.53. The summed E-state index contributed by atoms with van der Waals surface area (Å²) < 4.78 is 5.84. The van der Waals surface area contributed by atoms with Gasteiger partial charge in [-0.05, 0) is 54.7 Å². The average Bonchev–Trinajstić information content (AvgIpc) is 2.91. The number of aryl methyl sites for hydroxylation is 1. The Morgan fingerprint density at radius 2 is 1.58 bits per heavy atom. The van der Waals surface area contributed by atoms with Crippen LogP contribution in [-0.2, 0) is 29.0 Å². The van der Waals surface area contributed by atoms with E-state index in [1.54, 1.807) is 11.0 Å². The van der Waals surface area contributed by atoms with E-state index in [4.69, 9.17) is 16.3 Å². The summed E-state index contributed by atoms with van der Waals surface area (Å²) >= 11 is 6.46. The maximum atomic E-state index is 13.6. The first-order chi connectivity index (χ1) is 17.4. The van der Waals surface area contributed by atoms with E-state index in [0.29, 0.717) is 17.2 Å². The van der Waals surface area contributed by atoms with Gasteiger partial charge in [-0.3, -0.25) is 9.59 Å². The third kappa shape index (κ3) is 7.85. The van der Waals surface area contributed by atoms with Crippen LogP contribution < -0.4 is 10.1 Å². The molecule has 0 saturated carbocycles. The molecule has 3 aromatic carbocycles. The van der Waals surface area contributed by atoms with Crippen LogP contribution in [0.1, 0.15) is 43.9 Å². The second-order valence-electron chi connectivity index (χ2n) is 8.92. The third-order valence-electron chi connectivity index (χ3n) is 6.26. The summed E-state index contributed by atoms with van der Waals surface area (Å²) in [5, 5.41) is 3.61. The molecule has 0 aliphatic carbocycles. The molecular weight excluding hydrogens is 472 g/mol. The highest BCUT2D eigenvalue weighted by molar-refractivity contribution is 6.31. The summed E-state index contributed by atoms with van der Waals surface area (Å²) in [6.45, 7) is 6.07. The van der Waals surface area contributed by atoms with Crippen molar-refractivity contribution < 1.29 is 14.3 Å². The van der Waals surface area contributed by atoms with E-state index in [-0.39, 0.29) is 31.0 Å². The summed E-state index contributed by atoms with van der Waals surface area (Å²) in [7, 11) is 0. The zero-order valence-electron chi connectivity index (χ0n) is 21.2. The van der Waals surface area contributed by atoms with Crippen molar-refractivity contribution >= 4 is 23.4 Å². The topological polar surface area (TPSA) is 58.6 Å². The maximum absolute atomic E-state index is 13.6. The van der Waals surface area contributed by atoms with Crippen LogP contribution >= 0.6 is 11.6 Å². The Balaban J connectivity index is 1.90. The molecular formula is C30H35ClN2O3. The standard InChI is InChI=1S/C30H35ClN2O3/c1-4-22(3)32-30(35)28(19-24-11-7-6-8-12-24)33(20-25-13-9-10-14-27(25)31)29(34)21-36-26-17-15-23(5-2)16-18-26/h6-18,22,28H,4-5,19-21H2,1-3H3,(H,32,35)/t22-,28+/m1/s1. The van der Waals surface area contributed by atoms with E-state index in [1.165, 1.54) is 5.56 Å². The van der Waals surface area contributed by atoms with Crippen LogP contribution in [0.5, 0.6) is 5.75 Å². The Hall–Kier alpha value is -3.31. The van der Waals surface area contributed by atoms with Crippen molar-refractivity contribution in [2.45, 2.75) is 58.7 Å². The van der Waals surface area contributed by atoms with Gasteiger partial charge in [0.2, 0.25) is 5.91 Å². The monoisotopic (exact) mass is 506 g/mol. The Morgan fingerprint density at radius 1 is 0.917 bits per heavy atom. The molecule has 0 heterocycles. The van der Waals surface area contributed by atoms with E-state index >= 15 is 0 Å². The number of nitrogens with zero attached hydrogens (tertiary/aromatic N) is 1. The van der Waals surface area contributed by atoms with Gasteiger partial charge in [0.1, 0.15) is 11.8 Å². The summed E-state index contributed by atoms with van der Waals surface area (Å²) in [6, 6.07) is 24.1. The molecule has 2 amide bonds. The van der Waals surface area contributed by atoms with Crippen LogP contribution in [0.25, 0.3) is 0 Å². The molecule has 3 aromatic rings. The number of hydrogen-bond acceptors (Lipinski definition) is 3. The van der Waals surface area contributed by atoms with Crippen molar-refractivity contribution in [1.29, 1.82) is 0 Å². The number of amides is 2. The quantitative estimate of drug-likeness (QED) is 0.336. The summed E-state index contributed by atoms with van der Waals surface area (Å²) in [6.07, 6.45) is 2.10. The van der Waals surface area contributed by atoms with Crippen LogP contribution in [0.3, 0.4) is 0 Å². The molecule has 0 spiro atoms. The van der Waals surface area contributed by atoms with Gasteiger partial charge in [-0.15, -0.1) is 0 Å². The lowest BCUT2D eigenvalue weighted by Gasteiger charge is -2.32. The van der Waals surface area contributed by atoms with Gasteiger partial charge in [0.15, 0.2) is 6.61 Å². The molecule has 190 valence electrons. The van der Waals surface area contributed by atoms with Gasteiger partial charge in [0.25, 0.3) is 5.91 Å². The number of halogens is 1. The Labute approximate surface area is 219 Å². The second kappa shape index (κ2) is 13.7. The van der Waals surface area contributed by atoms with Crippen LogP contribution in [0.2, 0.25) is 5.02 Å². The minimum Gasteiger partial charge on any atom is -0.484 e. The van der Waals surface area contributed by atoms with Crippen molar-refractivity contribution in [1.82, 2.24) is 10.2 Å². The first-order valence-corrected chi connectivity index (χ1v) is 12.9. The zero-order chi connectivity index (χ0) is 25.9. The van der Waals surface area contributed by atoms with Gasteiger partial charge in [-0.1, -0.05) is 86.1 Å². The lowest BCUT2D eigenvalue weighted by atomic mass is 10.0. The fourth-order valence-electron chi connectivity index (χ4n) is 3.85. The minimum absolute atomic E-state index is 0.0126. The van der Waals surface area contributed by atoms with Crippen molar-refractivity contribution in [2.24, 2.45) is 0 Å². The molecule has 2 atom stereocenters. The summed E-state index contributed by atoms with van der Waals surface area (Å²) in [4.78, 5) is 28.7. The number of carbonyl (C=O) groups excluding carboxylic acids is 2. The largest absolute Gasteiger partial charge is 0.484 e. The van der Waals surface area contributed by atoms with E-state index < -0.39 is 6.04 Å². The average molecular weight is 507 g/mol. The van der Waals surface area contributed by atoms with Crippen LogP contribution in [0, 0.1) is 0 Å². The molecule has 0 bridgehead atoms. The first-order valence-electron chi connectivity index (χ1n) is 12.5. The second-order valence-corrected chi connectivity index (χ2v) is 9.33. The highest BCUT2D eigenvalue weighted by Crippen LogP contribution is 2.21. The van der Waals surface area contributed by atoms with Crippen molar-refractivity contribution in [3.05, 3.63) is 101 Å². The van der Waals surface area contributed by atoms with Crippen LogP contribution in [-0.4, -0.2) is 35.4 Å². The molecule has 6 heteroatoms. The SMILES string of the molecule is CCc1ccc(OCC(=O)N(Cc2ccccc2Cl)[C@@H](Cc2ccccc2)C(=O)N[C@H](C)CC)cc1. The van der Waals surface area contributed by atoms with E-state index in [1.807, 2.05) is 86.6 Å². The van der Waals surface area contributed by atoms with Crippen molar-refractivity contribution in [2.75, 3.05) is 6.61 Å². The molecule has 0 saturated heterocycles. The fourth-order valence-corrected chi connectivity index (χ4v) is 4.05. The van der Waals surface area contributed by atoms with Gasteiger partial charge in [0, 0.05) is 24.0 Å². The van der Waals surface area contributed by atoms with Gasteiger partial charge >= 0.3 is 0 Å². The Bertz CT molecular complexity index is 1120. The molecule has 5 nitrogen and oxygen atoms in total. The Morgan fingerprint density at radius 3 is 2.22 bits per heavy atom. The lowest BCUT2D eigenvalue weighted by molar-refractivity contribution is -0.143. The highest BCUT2D eigenvalue weighted by atomic mass is 35.5. The number of hydrogen-bond donors (Lipinski definition) is 1. The normalized spacial score (nSPS) is 12.4. The Kier molecular flexibility index (Phi) is 10.4. The van der Waals surface area contributed by atoms with Gasteiger partial charge in [-0.25, -0.2) is 0 Å². The molecule has 36 heavy (non-hydrogen) atoms. The van der Waals surface area contributed by atoms with Crippen molar-refractivity contribution in [3.8, 4) is 5.75 Å². The molecule has 0 fully saturated rings. The van der Waals surface area contributed by atoms with Crippen LogP contribution in [0.4, 0.5) is 0 Å². The molecule has 0 unspecified atom stereocenters. The maximum Gasteiger partial charge on any atom is 0.261 e. The van der Waals surface area contributed by atoms with Gasteiger partial charge in [0.05, 0.1) is 0 Å².